The van der Waals surface area contributed by atoms with E-state index in [0.717, 1.165) is 34.3 Å². The molecule has 40 heavy (non-hydrogen) atoms. The largest absolute Gasteiger partial charge is 0.361 e. The molecule has 1 fully saturated rings. The molecule has 3 unspecified atom stereocenters. The zero-order chi connectivity index (χ0) is 27.8. The third kappa shape index (κ3) is 2.44. The van der Waals surface area contributed by atoms with Crippen molar-refractivity contribution >= 4 is 43.5 Å². The molecule has 2 aliphatic rings. The lowest BCUT2D eigenvalue weighted by molar-refractivity contribution is -0.743. The second-order valence-corrected chi connectivity index (χ2v) is 12.6. The molecule has 1 aliphatic heterocycles. The van der Waals surface area contributed by atoms with E-state index >= 15 is 0 Å². The molecule has 3 atom stereocenters. The summed E-state index contributed by atoms with van der Waals surface area (Å²) in [6, 6.07) is 24.1. The molecular weight excluding hydrogens is 494 g/mol. The van der Waals surface area contributed by atoms with Gasteiger partial charge in [0.05, 0.1) is 5.52 Å². The van der Waals surface area contributed by atoms with E-state index in [0.29, 0.717) is 5.92 Å². The van der Waals surface area contributed by atoms with Gasteiger partial charge in [0.25, 0.3) is 12.0 Å². The average Bonchev–Trinajstić information content (AvgIpc) is 3.19. The number of hydrogen-bond acceptors (Lipinski definition) is 3. The van der Waals surface area contributed by atoms with Gasteiger partial charge in [0.15, 0.2) is 5.54 Å². The van der Waals surface area contributed by atoms with Crippen molar-refractivity contribution in [3.05, 3.63) is 84.2 Å². The van der Waals surface area contributed by atoms with Crippen molar-refractivity contribution in [2.45, 2.75) is 50.9 Å². The Balaban J connectivity index is 1.62. The molecule has 0 spiro atoms. The van der Waals surface area contributed by atoms with Crippen LogP contribution >= 0.6 is 0 Å². The molecule has 5 heteroatoms. The van der Waals surface area contributed by atoms with Crippen molar-refractivity contribution in [1.82, 2.24) is 9.55 Å². The normalized spacial score (nSPS) is 25.1. The van der Waals surface area contributed by atoms with E-state index in [1.807, 2.05) is 6.33 Å². The number of rotatable bonds is 3. The molecule has 0 amide bonds. The van der Waals surface area contributed by atoms with Gasteiger partial charge in [0.1, 0.15) is 16.5 Å². The Morgan fingerprint density at radius 1 is 0.950 bits per heavy atom. The number of hydrogen-bond donors (Lipinski definition) is 1. The molecule has 1 saturated carbocycles. The molecule has 8 rings (SSSR count). The molecule has 200 valence electrons. The first-order valence-corrected chi connectivity index (χ1v) is 14.2. The first kappa shape index (κ1) is 24.0. The van der Waals surface area contributed by atoms with E-state index in [2.05, 4.69) is 111 Å². The maximum absolute atomic E-state index is 12.2. The first-order chi connectivity index (χ1) is 19.2. The third-order valence-corrected chi connectivity index (χ3v) is 10.4. The minimum Gasteiger partial charge on any atom is -0.361 e. The molecule has 1 N–H and O–H groups in total. The fourth-order valence-corrected chi connectivity index (χ4v) is 8.32. The van der Waals surface area contributed by atoms with Gasteiger partial charge in [-0.25, -0.2) is 4.57 Å². The van der Waals surface area contributed by atoms with E-state index in [9.17, 15) is 5.11 Å². The van der Waals surface area contributed by atoms with E-state index in [4.69, 9.17) is 9.72 Å². The van der Waals surface area contributed by atoms with Crippen LogP contribution in [0.4, 0.5) is 0 Å². The summed E-state index contributed by atoms with van der Waals surface area (Å²) in [6.07, 6.45) is 2.90. The van der Waals surface area contributed by atoms with Crippen LogP contribution in [0.1, 0.15) is 38.8 Å². The minimum absolute atomic E-state index is 0.510. The fraction of sp³-hybridized carbons (Fsp3) is 0.314. The lowest BCUT2D eigenvalue weighted by Crippen LogP contribution is -2.55. The van der Waals surface area contributed by atoms with Crippen molar-refractivity contribution in [2.24, 2.45) is 13.0 Å². The molecule has 0 saturated heterocycles. The van der Waals surface area contributed by atoms with Gasteiger partial charge < -0.3 is 14.4 Å². The summed E-state index contributed by atoms with van der Waals surface area (Å²) in [4.78, 5) is 5.06. The van der Waals surface area contributed by atoms with Gasteiger partial charge in [-0.3, -0.25) is 0 Å². The van der Waals surface area contributed by atoms with Gasteiger partial charge in [0, 0.05) is 30.5 Å². The number of aromatic nitrogens is 3. The monoisotopic (exact) mass is 528 g/mol. The lowest BCUT2D eigenvalue weighted by Gasteiger charge is -2.28. The van der Waals surface area contributed by atoms with Gasteiger partial charge in [-0.05, 0) is 64.5 Å². The van der Waals surface area contributed by atoms with Gasteiger partial charge in [-0.1, -0.05) is 74.5 Å². The number of aryl methyl sites for hydroxylation is 1. The molecule has 2 aromatic heterocycles. The zero-order valence-electron chi connectivity index (χ0n) is 23.9. The number of benzene rings is 4. The lowest BCUT2D eigenvalue weighted by atomic mass is 9.78. The van der Waals surface area contributed by atoms with Crippen LogP contribution in [-0.4, -0.2) is 27.6 Å². The minimum atomic E-state index is -1.39. The number of fused-ring (bicyclic) bond motifs is 14. The standard InChI is InChI=1S/C35H34N3O2/c1-20(2)17-22-18-27-29(25-14-10-9-12-23(22)25)33(3)34(4,35(33,39)40-6)38-19-36-32-28(31(27)38)26-16-15-21-11-7-8-13-24(21)30(26)37(32)5/h7-16,18-20,39H,17H2,1-6H3/q+1. The Bertz CT molecular complexity index is 2080. The average molecular weight is 529 g/mol. The Morgan fingerprint density at radius 2 is 1.65 bits per heavy atom. The predicted molar refractivity (Wildman–Crippen MR) is 160 cm³/mol. The smallest absolute Gasteiger partial charge is 0.290 e. The van der Waals surface area contributed by atoms with Crippen LogP contribution < -0.4 is 4.57 Å². The van der Waals surface area contributed by atoms with Crippen molar-refractivity contribution in [3.63, 3.8) is 0 Å². The SMILES string of the molecule is COC1(O)C2(C)c3c(cc(CC(C)C)c4ccccc34)-c3c4c5ccc6ccccc6c5n(C)c4nc[n+]3C12C. The number of methoxy groups -OCH3 is 1. The molecular formula is C35H34N3O2+. The van der Waals surface area contributed by atoms with E-state index in [-0.39, 0.29) is 0 Å². The van der Waals surface area contributed by atoms with Crippen LogP contribution in [0.15, 0.2) is 73.1 Å². The molecule has 3 heterocycles. The molecule has 4 aromatic carbocycles. The summed E-state index contributed by atoms with van der Waals surface area (Å²) in [5.41, 5.74) is 5.48. The second kappa shape index (κ2) is 7.48. The van der Waals surface area contributed by atoms with E-state index in [1.54, 1.807) is 7.11 Å². The highest BCUT2D eigenvalue weighted by Gasteiger charge is 2.91. The summed E-state index contributed by atoms with van der Waals surface area (Å²) in [6.45, 7) is 8.82. The van der Waals surface area contributed by atoms with Gasteiger partial charge in [-0.2, -0.15) is 0 Å². The predicted octanol–water partition coefficient (Wildman–Crippen LogP) is 6.52. The zero-order valence-corrected chi connectivity index (χ0v) is 23.9. The Morgan fingerprint density at radius 3 is 2.38 bits per heavy atom. The fourth-order valence-electron chi connectivity index (χ4n) is 8.32. The van der Waals surface area contributed by atoms with Gasteiger partial charge in [-0.15, -0.1) is 0 Å². The highest BCUT2D eigenvalue weighted by molar-refractivity contribution is 6.20. The molecule has 0 bridgehead atoms. The Kier molecular flexibility index (Phi) is 4.49. The Hall–Kier alpha value is -3.80. The summed E-state index contributed by atoms with van der Waals surface area (Å²) in [7, 11) is 3.74. The summed E-state index contributed by atoms with van der Waals surface area (Å²) < 4.78 is 10.5. The van der Waals surface area contributed by atoms with Crippen molar-refractivity contribution in [1.29, 1.82) is 0 Å². The maximum Gasteiger partial charge on any atom is 0.290 e. The van der Waals surface area contributed by atoms with E-state index < -0.39 is 16.7 Å². The van der Waals surface area contributed by atoms with Crippen molar-refractivity contribution < 1.29 is 14.4 Å². The number of nitrogens with zero attached hydrogens (tertiary/aromatic N) is 3. The van der Waals surface area contributed by atoms with Gasteiger partial charge in [0.2, 0.25) is 5.79 Å². The van der Waals surface area contributed by atoms with Crippen LogP contribution in [0.5, 0.6) is 0 Å². The molecule has 1 aliphatic carbocycles. The number of aliphatic hydroxyl groups is 1. The summed E-state index contributed by atoms with van der Waals surface area (Å²) in [5.74, 6) is -0.879. The van der Waals surface area contributed by atoms with Crippen molar-refractivity contribution in [3.8, 4) is 11.3 Å². The molecule has 6 aromatic rings. The van der Waals surface area contributed by atoms with Crippen molar-refractivity contribution in [2.75, 3.05) is 7.11 Å². The summed E-state index contributed by atoms with van der Waals surface area (Å²) >= 11 is 0. The second-order valence-electron chi connectivity index (χ2n) is 12.6. The van der Waals surface area contributed by atoms with Crippen LogP contribution in [0.3, 0.4) is 0 Å². The van der Waals surface area contributed by atoms with Crippen LogP contribution in [0.2, 0.25) is 0 Å². The Labute approximate surface area is 233 Å². The molecule has 5 nitrogen and oxygen atoms in total. The van der Waals surface area contributed by atoms with Crippen LogP contribution in [0, 0.1) is 5.92 Å². The first-order valence-electron chi connectivity index (χ1n) is 14.2. The summed E-state index contributed by atoms with van der Waals surface area (Å²) in [5, 5.41) is 19.4. The highest BCUT2D eigenvalue weighted by atomic mass is 16.6. The van der Waals surface area contributed by atoms with E-state index in [1.165, 1.54) is 38.0 Å². The topological polar surface area (TPSA) is 51.2 Å². The van der Waals surface area contributed by atoms with Crippen LogP contribution in [-0.2, 0) is 29.2 Å². The quantitative estimate of drug-likeness (QED) is 0.210. The third-order valence-electron chi connectivity index (χ3n) is 10.4. The van der Waals surface area contributed by atoms with Crippen LogP contribution in [0.25, 0.3) is 54.7 Å². The molecule has 0 radical (unpaired) electrons. The van der Waals surface area contributed by atoms with Gasteiger partial charge >= 0.3 is 0 Å². The highest BCUT2D eigenvalue weighted by Crippen LogP contribution is 2.72. The maximum atomic E-state index is 12.2. The number of ether oxygens (including phenoxy) is 1.